The lowest BCUT2D eigenvalue weighted by Gasteiger charge is -2.36. The van der Waals surface area contributed by atoms with Crippen LogP contribution in [-0.4, -0.2) is 77.7 Å². The van der Waals surface area contributed by atoms with Crippen LogP contribution < -0.4 is 5.32 Å². The van der Waals surface area contributed by atoms with Crippen molar-refractivity contribution in [2.45, 2.75) is 31.4 Å². The third-order valence-corrected chi connectivity index (χ3v) is 4.45. The minimum absolute atomic E-state index is 0.00332. The Labute approximate surface area is 148 Å². The highest BCUT2D eigenvalue weighted by atomic mass is 16.3. The zero-order valence-corrected chi connectivity index (χ0v) is 14.8. The van der Waals surface area contributed by atoms with Crippen LogP contribution in [0.5, 0.6) is 5.75 Å². The monoisotopic (exact) mass is 349 g/mol. The number of phenolic OH excluding ortho intramolecular Hbond substituents is 1. The van der Waals surface area contributed by atoms with E-state index in [0.29, 0.717) is 32.4 Å². The van der Waals surface area contributed by atoms with Gasteiger partial charge in [-0.05, 0) is 30.5 Å². The first-order chi connectivity index (χ1) is 11.8. The number of nitrogens with zero attached hydrogens (tertiary/aromatic N) is 2. The maximum atomic E-state index is 12.1. The lowest BCUT2D eigenvalue weighted by Crippen LogP contribution is -2.55. The van der Waals surface area contributed by atoms with Gasteiger partial charge in [-0.2, -0.15) is 0 Å². The van der Waals surface area contributed by atoms with Crippen LogP contribution in [0.15, 0.2) is 24.3 Å². The molecule has 1 heterocycles. The molecule has 1 aliphatic rings. The number of rotatable bonds is 6. The average molecular weight is 349 g/mol. The van der Waals surface area contributed by atoms with E-state index in [9.17, 15) is 19.8 Å². The third-order valence-electron chi connectivity index (χ3n) is 4.45. The molecule has 138 valence electrons. The molecule has 0 bridgehead atoms. The standard InChI is InChI=1S/C18H27N3O4/c1-20(2)18(25)12-21-10-9-15(16(23)11-21)19-17(24)8-5-13-3-6-14(22)7-4-13/h3-4,6-7,15-16,22-23H,5,8-12H2,1-2H3,(H,19,24)/t15-,16-/m1/s1. The molecule has 2 atom stereocenters. The molecule has 1 fully saturated rings. The summed E-state index contributed by atoms with van der Waals surface area (Å²) in [5.41, 5.74) is 0.977. The number of likely N-dealkylation sites (N-methyl/N-ethyl adjacent to an activating group) is 1. The van der Waals surface area contributed by atoms with E-state index in [1.807, 2.05) is 4.90 Å². The summed E-state index contributed by atoms with van der Waals surface area (Å²) in [6, 6.07) is 6.50. The molecule has 2 amide bonds. The lowest BCUT2D eigenvalue weighted by molar-refractivity contribution is -0.131. The minimum atomic E-state index is -0.679. The fraction of sp³-hybridized carbons (Fsp3) is 0.556. The lowest BCUT2D eigenvalue weighted by atomic mass is 10.0. The minimum Gasteiger partial charge on any atom is -0.508 e. The van der Waals surface area contributed by atoms with Crippen molar-refractivity contribution in [3.63, 3.8) is 0 Å². The van der Waals surface area contributed by atoms with E-state index in [0.717, 1.165) is 5.56 Å². The van der Waals surface area contributed by atoms with E-state index in [-0.39, 0.29) is 30.2 Å². The Kier molecular flexibility index (Phi) is 6.78. The number of aliphatic hydroxyl groups is 1. The Bertz CT molecular complexity index is 588. The van der Waals surface area contributed by atoms with Gasteiger partial charge in [0.05, 0.1) is 18.7 Å². The number of benzene rings is 1. The summed E-state index contributed by atoms with van der Waals surface area (Å²) < 4.78 is 0. The van der Waals surface area contributed by atoms with Gasteiger partial charge in [-0.1, -0.05) is 12.1 Å². The fourth-order valence-corrected chi connectivity index (χ4v) is 2.84. The number of nitrogens with one attached hydrogen (secondary N) is 1. The zero-order valence-electron chi connectivity index (χ0n) is 14.8. The topological polar surface area (TPSA) is 93.1 Å². The molecule has 3 N–H and O–H groups in total. The van der Waals surface area contributed by atoms with E-state index in [2.05, 4.69) is 5.32 Å². The number of hydrogen-bond acceptors (Lipinski definition) is 5. The van der Waals surface area contributed by atoms with Crippen LogP contribution in [0.4, 0.5) is 0 Å². The molecule has 0 aliphatic carbocycles. The van der Waals surface area contributed by atoms with Gasteiger partial charge in [0.15, 0.2) is 0 Å². The van der Waals surface area contributed by atoms with Crippen molar-refractivity contribution in [1.29, 1.82) is 0 Å². The van der Waals surface area contributed by atoms with E-state index in [4.69, 9.17) is 0 Å². The Hall–Kier alpha value is -2.12. The Morgan fingerprint density at radius 3 is 2.56 bits per heavy atom. The summed E-state index contributed by atoms with van der Waals surface area (Å²) >= 11 is 0. The van der Waals surface area contributed by atoms with Gasteiger partial charge in [0.25, 0.3) is 0 Å². The largest absolute Gasteiger partial charge is 0.508 e. The molecule has 1 aliphatic heterocycles. The fourth-order valence-electron chi connectivity index (χ4n) is 2.84. The number of carbonyl (C=O) groups excluding carboxylic acids is 2. The predicted molar refractivity (Wildman–Crippen MR) is 94.1 cm³/mol. The van der Waals surface area contributed by atoms with Crippen LogP contribution in [-0.2, 0) is 16.0 Å². The normalized spacial score (nSPS) is 20.9. The molecule has 0 aromatic heterocycles. The van der Waals surface area contributed by atoms with Gasteiger partial charge in [0.1, 0.15) is 5.75 Å². The van der Waals surface area contributed by atoms with Gasteiger partial charge < -0.3 is 20.4 Å². The van der Waals surface area contributed by atoms with Crippen molar-refractivity contribution < 1.29 is 19.8 Å². The molecule has 2 rings (SSSR count). The number of aryl methyl sites for hydroxylation is 1. The van der Waals surface area contributed by atoms with Crippen molar-refractivity contribution in [3.05, 3.63) is 29.8 Å². The van der Waals surface area contributed by atoms with E-state index in [1.54, 1.807) is 38.4 Å². The molecule has 25 heavy (non-hydrogen) atoms. The van der Waals surface area contributed by atoms with Gasteiger partial charge in [0.2, 0.25) is 11.8 Å². The first-order valence-electron chi connectivity index (χ1n) is 8.53. The number of hydrogen-bond donors (Lipinski definition) is 3. The molecule has 1 saturated heterocycles. The van der Waals surface area contributed by atoms with Gasteiger partial charge in [0, 0.05) is 33.6 Å². The summed E-state index contributed by atoms with van der Waals surface area (Å²) in [6.45, 7) is 1.33. The number of phenols is 1. The zero-order chi connectivity index (χ0) is 18.4. The van der Waals surface area contributed by atoms with Crippen molar-refractivity contribution in [1.82, 2.24) is 15.1 Å². The molecule has 7 heteroatoms. The SMILES string of the molecule is CN(C)C(=O)CN1CC[C@@H](NC(=O)CCc2ccc(O)cc2)[C@H](O)C1. The van der Waals surface area contributed by atoms with Crippen LogP contribution in [0.25, 0.3) is 0 Å². The second-order valence-corrected chi connectivity index (χ2v) is 6.72. The van der Waals surface area contributed by atoms with E-state index >= 15 is 0 Å². The van der Waals surface area contributed by atoms with Gasteiger partial charge in [-0.3, -0.25) is 14.5 Å². The number of carbonyl (C=O) groups is 2. The quantitative estimate of drug-likeness (QED) is 0.670. The molecule has 7 nitrogen and oxygen atoms in total. The summed E-state index contributed by atoms with van der Waals surface area (Å²) in [5, 5.41) is 22.4. The van der Waals surface area contributed by atoms with Crippen molar-refractivity contribution in [3.8, 4) is 5.75 Å². The number of β-amino-alcohol motifs (C(OH)–C–C–N with tert-alkyl or cyclic N) is 1. The van der Waals surface area contributed by atoms with Crippen LogP contribution >= 0.6 is 0 Å². The number of likely N-dealkylation sites (tertiary alicyclic amines) is 1. The molecule has 0 unspecified atom stereocenters. The van der Waals surface area contributed by atoms with Crippen molar-refractivity contribution in [2.24, 2.45) is 0 Å². The van der Waals surface area contributed by atoms with Gasteiger partial charge in [-0.15, -0.1) is 0 Å². The van der Waals surface area contributed by atoms with Crippen molar-refractivity contribution >= 4 is 11.8 Å². The second kappa shape index (κ2) is 8.82. The third kappa shape index (κ3) is 6.03. The number of amides is 2. The highest BCUT2D eigenvalue weighted by Crippen LogP contribution is 2.13. The highest BCUT2D eigenvalue weighted by Gasteiger charge is 2.29. The average Bonchev–Trinajstić information content (AvgIpc) is 2.56. The van der Waals surface area contributed by atoms with Crippen LogP contribution in [0.3, 0.4) is 0 Å². The van der Waals surface area contributed by atoms with E-state index < -0.39 is 6.10 Å². The number of aromatic hydroxyl groups is 1. The molecule has 1 aromatic carbocycles. The van der Waals surface area contributed by atoms with Crippen LogP contribution in [0, 0.1) is 0 Å². The molecule has 0 radical (unpaired) electrons. The summed E-state index contributed by atoms with van der Waals surface area (Å²) in [7, 11) is 3.42. The van der Waals surface area contributed by atoms with E-state index in [1.165, 1.54) is 4.90 Å². The van der Waals surface area contributed by atoms with Gasteiger partial charge in [-0.25, -0.2) is 0 Å². The Morgan fingerprint density at radius 1 is 1.28 bits per heavy atom. The summed E-state index contributed by atoms with van der Waals surface area (Å²) in [5.74, 6) is 0.106. The molecule has 1 aromatic rings. The maximum absolute atomic E-state index is 12.1. The molecular formula is C18H27N3O4. The van der Waals surface area contributed by atoms with Crippen LogP contribution in [0.1, 0.15) is 18.4 Å². The maximum Gasteiger partial charge on any atom is 0.236 e. The summed E-state index contributed by atoms with van der Waals surface area (Å²) in [6.07, 6.45) is 0.850. The summed E-state index contributed by atoms with van der Waals surface area (Å²) in [4.78, 5) is 27.3. The highest BCUT2D eigenvalue weighted by molar-refractivity contribution is 5.78. The number of aliphatic hydroxyl groups excluding tert-OH is 1. The predicted octanol–water partition coefficient (Wildman–Crippen LogP) is -0.0356. The second-order valence-electron chi connectivity index (χ2n) is 6.72. The smallest absolute Gasteiger partial charge is 0.236 e. The molecule has 0 saturated carbocycles. The first-order valence-corrected chi connectivity index (χ1v) is 8.53. The van der Waals surface area contributed by atoms with Crippen molar-refractivity contribution in [2.75, 3.05) is 33.7 Å². The number of piperidine rings is 1. The molecule has 0 spiro atoms. The Morgan fingerprint density at radius 2 is 1.96 bits per heavy atom. The molecular weight excluding hydrogens is 322 g/mol. The Balaban J connectivity index is 1.74. The van der Waals surface area contributed by atoms with Gasteiger partial charge >= 0.3 is 0 Å². The first kappa shape index (κ1) is 19.2. The van der Waals surface area contributed by atoms with Crippen LogP contribution in [0.2, 0.25) is 0 Å².